The van der Waals surface area contributed by atoms with E-state index in [1.54, 1.807) is 0 Å². The molecule has 1 aliphatic rings. The van der Waals surface area contributed by atoms with E-state index in [4.69, 9.17) is 5.11 Å². The molecule has 4 nitrogen and oxygen atoms in total. The van der Waals surface area contributed by atoms with Crippen LogP contribution in [-0.4, -0.2) is 31.1 Å². The van der Waals surface area contributed by atoms with Gasteiger partial charge < -0.3 is 5.11 Å². The normalized spacial score (nSPS) is 23.9. The van der Waals surface area contributed by atoms with E-state index in [1.807, 2.05) is 11.8 Å². The molecule has 1 aromatic rings. The molecular weight excluding hydrogens is 382 g/mol. The monoisotopic (exact) mass is 399 g/mol. The standard InChI is InChI=1S/C12H18BrNO3S3/c1-18-9-4-2-8(3-5-9)14-20(16,17)11-6-10(7-15)19-12(11)13/h6,8-9,14-15H,2-5,7H2,1H3. The second-order valence-electron chi connectivity index (χ2n) is 4.84. The highest BCUT2D eigenvalue weighted by atomic mass is 79.9. The van der Waals surface area contributed by atoms with E-state index in [-0.39, 0.29) is 17.5 Å². The number of hydrogen-bond acceptors (Lipinski definition) is 5. The molecule has 0 saturated heterocycles. The molecule has 1 saturated carbocycles. The summed E-state index contributed by atoms with van der Waals surface area (Å²) in [5.74, 6) is 0. The Morgan fingerprint density at radius 2 is 2.10 bits per heavy atom. The second-order valence-corrected chi connectivity index (χ2v) is 10.1. The van der Waals surface area contributed by atoms with Crippen LogP contribution in [0.15, 0.2) is 14.7 Å². The Kier molecular flexibility index (Phi) is 5.96. The van der Waals surface area contributed by atoms with Crippen molar-refractivity contribution in [3.63, 3.8) is 0 Å². The molecule has 1 heterocycles. The Morgan fingerprint density at radius 1 is 1.45 bits per heavy atom. The Bertz CT molecular complexity index is 550. The van der Waals surface area contributed by atoms with E-state index in [0.29, 0.717) is 13.9 Å². The first-order valence-corrected chi connectivity index (χ1v) is 10.8. The predicted octanol–water partition coefficient (Wildman–Crippen LogP) is 2.96. The van der Waals surface area contributed by atoms with Gasteiger partial charge in [0.25, 0.3) is 0 Å². The molecule has 0 radical (unpaired) electrons. The van der Waals surface area contributed by atoms with Crippen LogP contribution in [0, 0.1) is 0 Å². The van der Waals surface area contributed by atoms with E-state index >= 15 is 0 Å². The number of hydrogen-bond donors (Lipinski definition) is 2. The van der Waals surface area contributed by atoms with Gasteiger partial charge in [-0.2, -0.15) is 11.8 Å². The molecule has 0 bridgehead atoms. The van der Waals surface area contributed by atoms with Crippen LogP contribution < -0.4 is 4.72 Å². The van der Waals surface area contributed by atoms with Gasteiger partial charge in [-0.3, -0.25) is 0 Å². The summed E-state index contributed by atoms with van der Waals surface area (Å²) in [5.41, 5.74) is 0. The first kappa shape index (κ1) is 16.8. The number of aliphatic hydroxyl groups is 1. The smallest absolute Gasteiger partial charge is 0.242 e. The van der Waals surface area contributed by atoms with Crippen molar-refractivity contribution in [1.29, 1.82) is 0 Å². The molecule has 0 aliphatic heterocycles. The van der Waals surface area contributed by atoms with E-state index in [1.165, 1.54) is 17.4 Å². The van der Waals surface area contributed by atoms with Crippen LogP contribution in [0.1, 0.15) is 30.6 Å². The quantitative estimate of drug-likeness (QED) is 0.798. The number of nitrogens with one attached hydrogen (secondary N) is 1. The van der Waals surface area contributed by atoms with Crippen molar-refractivity contribution < 1.29 is 13.5 Å². The lowest BCUT2D eigenvalue weighted by atomic mass is 9.96. The Labute approximate surface area is 136 Å². The van der Waals surface area contributed by atoms with Crippen molar-refractivity contribution in [1.82, 2.24) is 4.72 Å². The summed E-state index contributed by atoms with van der Waals surface area (Å²) in [6.45, 7) is -0.141. The fourth-order valence-electron chi connectivity index (χ4n) is 2.36. The van der Waals surface area contributed by atoms with Crippen LogP contribution >= 0.6 is 39.0 Å². The maximum absolute atomic E-state index is 12.4. The summed E-state index contributed by atoms with van der Waals surface area (Å²) in [7, 11) is -3.51. The molecule has 20 heavy (non-hydrogen) atoms. The minimum atomic E-state index is -3.51. The van der Waals surface area contributed by atoms with Gasteiger partial charge in [-0.25, -0.2) is 13.1 Å². The minimum absolute atomic E-state index is 0.0211. The van der Waals surface area contributed by atoms with Gasteiger partial charge in [-0.1, -0.05) is 0 Å². The van der Waals surface area contributed by atoms with Crippen molar-refractivity contribution in [2.24, 2.45) is 0 Å². The summed E-state index contributed by atoms with van der Waals surface area (Å²) in [6.07, 6.45) is 5.99. The third-order valence-corrected chi connectivity index (χ3v) is 8.38. The summed E-state index contributed by atoms with van der Waals surface area (Å²) in [4.78, 5) is 0.877. The highest BCUT2D eigenvalue weighted by Crippen LogP contribution is 2.33. The van der Waals surface area contributed by atoms with Gasteiger partial charge in [0.2, 0.25) is 10.0 Å². The molecule has 0 unspecified atom stereocenters. The molecule has 2 rings (SSSR count). The average Bonchev–Trinajstić information content (AvgIpc) is 2.81. The van der Waals surface area contributed by atoms with Gasteiger partial charge >= 0.3 is 0 Å². The van der Waals surface area contributed by atoms with Gasteiger partial charge in [-0.05, 0) is 53.9 Å². The summed E-state index contributed by atoms with van der Waals surface area (Å²) in [5, 5.41) is 9.75. The fourth-order valence-corrected chi connectivity index (χ4v) is 6.95. The molecule has 2 N–H and O–H groups in total. The van der Waals surface area contributed by atoms with E-state index in [9.17, 15) is 8.42 Å². The SMILES string of the molecule is CSC1CCC(NS(=O)(=O)c2cc(CO)sc2Br)CC1. The lowest BCUT2D eigenvalue weighted by molar-refractivity contribution is 0.285. The van der Waals surface area contributed by atoms with Gasteiger partial charge in [0.15, 0.2) is 0 Å². The maximum Gasteiger partial charge on any atom is 0.242 e. The minimum Gasteiger partial charge on any atom is -0.391 e. The number of rotatable bonds is 5. The molecular formula is C12H18BrNO3S3. The van der Waals surface area contributed by atoms with Crippen LogP contribution in [0.2, 0.25) is 0 Å². The third-order valence-electron chi connectivity index (χ3n) is 3.48. The zero-order chi connectivity index (χ0) is 14.8. The van der Waals surface area contributed by atoms with Crippen LogP contribution in [0.3, 0.4) is 0 Å². The van der Waals surface area contributed by atoms with Crippen LogP contribution in [0.5, 0.6) is 0 Å². The molecule has 1 aliphatic carbocycles. The van der Waals surface area contributed by atoms with Crippen molar-refractivity contribution >= 4 is 49.1 Å². The molecule has 0 atom stereocenters. The topological polar surface area (TPSA) is 66.4 Å². The maximum atomic E-state index is 12.4. The first-order valence-electron chi connectivity index (χ1n) is 6.40. The summed E-state index contributed by atoms with van der Waals surface area (Å²) in [6, 6.07) is 1.55. The number of halogens is 1. The molecule has 1 fully saturated rings. The average molecular weight is 400 g/mol. The van der Waals surface area contributed by atoms with E-state index < -0.39 is 10.0 Å². The molecule has 8 heteroatoms. The zero-order valence-electron chi connectivity index (χ0n) is 11.1. The number of aliphatic hydroxyl groups excluding tert-OH is 1. The van der Waals surface area contributed by atoms with Crippen LogP contribution in [0.25, 0.3) is 0 Å². The third kappa shape index (κ3) is 3.98. The van der Waals surface area contributed by atoms with Gasteiger partial charge in [-0.15, -0.1) is 11.3 Å². The highest BCUT2D eigenvalue weighted by Gasteiger charge is 2.27. The predicted molar refractivity (Wildman–Crippen MR) is 87.8 cm³/mol. The lowest BCUT2D eigenvalue weighted by Crippen LogP contribution is -2.38. The summed E-state index contributed by atoms with van der Waals surface area (Å²) >= 11 is 6.38. The Balaban J connectivity index is 2.06. The lowest BCUT2D eigenvalue weighted by Gasteiger charge is -2.27. The van der Waals surface area contributed by atoms with Crippen molar-refractivity contribution in [3.05, 3.63) is 14.7 Å². The van der Waals surface area contributed by atoms with E-state index in [2.05, 4.69) is 26.9 Å². The molecule has 114 valence electrons. The Morgan fingerprint density at radius 3 is 2.60 bits per heavy atom. The van der Waals surface area contributed by atoms with Crippen molar-refractivity contribution in [3.8, 4) is 0 Å². The first-order chi connectivity index (χ1) is 9.46. The van der Waals surface area contributed by atoms with Crippen molar-refractivity contribution in [2.75, 3.05) is 6.26 Å². The number of thioether (sulfide) groups is 1. The highest BCUT2D eigenvalue weighted by molar-refractivity contribution is 9.11. The molecule has 1 aromatic heterocycles. The van der Waals surface area contributed by atoms with Gasteiger partial charge in [0.05, 0.1) is 10.4 Å². The molecule has 0 spiro atoms. The summed E-state index contributed by atoms with van der Waals surface area (Å²) < 4.78 is 28.1. The van der Waals surface area contributed by atoms with Gasteiger partial charge in [0.1, 0.15) is 4.90 Å². The second kappa shape index (κ2) is 7.11. The molecule has 0 amide bonds. The van der Waals surface area contributed by atoms with Crippen LogP contribution in [-0.2, 0) is 16.6 Å². The molecule has 0 aromatic carbocycles. The number of thiophene rings is 1. The van der Waals surface area contributed by atoms with E-state index in [0.717, 1.165) is 25.7 Å². The fraction of sp³-hybridized carbons (Fsp3) is 0.667. The van der Waals surface area contributed by atoms with Crippen molar-refractivity contribution in [2.45, 2.75) is 48.5 Å². The zero-order valence-corrected chi connectivity index (χ0v) is 15.2. The number of sulfonamides is 1. The largest absolute Gasteiger partial charge is 0.391 e. The van der Waals surface area contributed by atoms with Gasteiger partial charge in [0, 0.05) is 16.2 Å². The Hall–Kier alpha value is 0.400. The van der Waals surface area contributed by atoms with Crippen LogP contribution in [0.4, 0.5) is 0 Å².